The van der Waals surface area contributed by atoms with Crippen LogP contribution < -0.4 is 10.1 Å². The molecular formula is C38H61ClN4O6. The molecule has 0 saturated carbocycles. The van der Waals surface area contributed by atoms with Crippen LogP contribution in [0.3, 0.4) is 0 Å². The summed E-state index contributed by atoms with van der Waals surface area (Å²) < 4.78 is 23.0. The van der Waals surface area contributed by atoms with Crippen LogP contribution in [0.25, 0.3) is 0 Å². The maximum absolute atomic E-state index is 12.7. The summed E-state index contributed by atoms with van der Waals surface area (Å²) in [6, 6.07) is 7.24. The number of benzene rings is 1. The van der Waals surface area contributed by atoms with Crippen LogP contribution in [0.2, 0.25) is 5.02 Å². The monoisotopic (exact) mass is 704 g/mol. The lowest BCUT2D eigenvalue weighted by Gasteiger charge is -2.47. The summed E-state index contributed by atoms with van der Waals surface area (Å²) >= 11 is 6.07. The van der Waals surface area contributed by atoms with Gasteiger partial charge in [-0.1, -0.05) is 78.1 Å². The van der Waals surface area contributed by atoms with Gasteiger partial charge in [-0.05, 0) is 44.2 Å². The second-order valence-electron chi connectivity index (χ2n) is 10.9. The molecule has 3 aliphatic rings. The number of piperidine rings is 1. The van der Waals surface area contributed by atoms with Crippen LogP contribution in [0.5, 0.6) is 5.75 Å². The Morgan fingerprint density at radius 3 is 2.29 bits per heavy atom. The van der Waals surface area contributed by atoms with Crippen LogP contribution in [0.4, 0.5) is 0 Å². The number of nitrogens with zero attached hydrogens (tertiary/aromatic N) is 3. The van der Waals surface area contributed by atoms with Crippen molar-refractivity contribution in [2.75, 3.05) is 53.7 Å². The molecule has 0 aromatic heterocycles. The number of halogens is 1. The molecule has 2 fully saturated rings. The number of carbonyl (C=O) groups is 2. The Balaban J connectivity index is 0.00000168. The van der Waals surface area contributed by atoms with Gasteiger partial charge in [0, 0.05) is 55.1 Å². The van der Waals surface area contributed by atoms with E-state index in [1.165, 1.54) is 19.2 Å². The van der Waals surface area contributed by atoms with Crippen LogP contribution in [-0.2, 0) is 23.8 Å². The second kappa shape index (κ2) is 28.2. The van der Waals surface area contributed by atoms with Crippen molar-refractivity contribution in [1.29, 1.82) is 0 Å². The third kappa shape index (κ3) is 17.5. The van der Waals surface area contributed by atoms with E-state index in [0.29, 0.717) is 65.7 Å². The van der Waals surface area contributed by atoms with Gasteiger partial charge in [0.05, 0.1) is 32.6 Å². The zero-order valence-electron chi connectivity index (χ0n) is 31.2. The number of amides is 2. The van der Waals surface area contributed by atoms with Gasteiger partial charge in [0.15, 0.2) is 5.76 Å². The van der Waals surface area contributed by atoms with Crippen LogP contribution in [0.15, 0.2) is 69.2 Å². The Bertz CT molecular complexity index is 1200. The first-order valence-electron chi connectivity index (χ1n) is 17.5. The summed E-state index contributed by atoms with van der Waals surface area (Å²) in [7, 11) is 3.18. The average Bonchev–Trinajstić information content (AvgIpc) is 3.31. The number of carbonyl (C=O) groups excluding carboxylic acids is 2. The summed E-state index contributed by atoms with van der Waals surface area (Å²) in [6.07, 6.45) is 12.1. The van der Waals surface area contributed by atoms with E-state index in [1.54, 1.807) is 26.3 Å². The van der Waals surface area contributed by atoms with Crippen molar-refractivity contribution >= 4 is 37.0 Å². The maximum atomic E-state index is 12.7. The Morgan fingerprint density at radius 2 is 1.78 bits per heavy atom. The predicted molar refractivity (Wildman–Crippen MR) is 202 cm³/mol. The van der Waals surface area contributed by atoms with Crippen molar-refractivity contribution in [3.8, 4) is 5.75 Å². The highest BCUT2D eigenvalue weighted by molar-refractivity contribution is 6.30. The molecule has 1 aromatic rings. The highest BCUT2D eigenvalue weighted by atomic mass is 35.5. The molecule has 2 saturated heterocycles. The molecule has 2 aliphatic heterocycles. The first-order valence-corrected chi connectivity index (χ1v) is 17.9. The molecule has 0 radical (unpaired) electrons. The minimum absolute atomic E-state index is 0.181. The first kappa shape index (κ1) is 45.4. The van der Waals surface area contributed by atoms with Crippen molar-refractivity contribution in [1.82, 2.24) is 10.2 Å². The van der Waals surface area contributed by atoms with Gasteiger partial charge in [0.1, 0.15) is 24.5 Å². The van der Waals surface area contributed by atoms with Crippen molar-refractivity contribution in [3.63, 3.8) is 0 Å². The molecule has 1 aliphatic carbocycles. The number of hydrogen-bond acceptors (Lipinski definition) is 7. The van der Waals surface area contributed by atoms with Gasteiger partial charge in [-0.2, -0.15) is 0 Å². The molecule has 1 N–H and O–H groups in total. The number of unbranched alkanes of at least 4 members (excludes halogenated alkanes) is 1. The topological polar surface area (TPSA) is 111 Å². The Hall–Kier alpha value is -3.63. The molecule has 49 heavy (non-hydrogen) atoms. The van der Waals surface area contributed by atoms with E-state index in [9.17, 15) is 4.79 Å². The highest BCUT2D eigenvalue weighted by Gasteiger charge is 2.41. The summed E-state index contributed by atoms with van der Waals surface area (Å²) in [5, 5.41) is 2.85. The number of nitrogens with one attached hydrogen (secondary N) is 1. The lowest BCUT2D eigenvalue weighted by Crippen LogP contribution is -2.52. The van der Waals surface area contributed by atoms with Crippen molar-refractivity contribution < 1.29 is 28.5 Å². The SMILES string of the molecule is C=NC=NC1=CC(OCCCC(=O)N2CCC3(CC2)COC3)=C(OC)CC=C1COc1cccc(Cl)c1.CC.CC.CCCC.CNC=O. The molecule has 1 spiro atoms. The Labute approximate surface area is 300 Å². The third-order valence-corrected chi connectivity index (χ3v) is 7.76. The fourth-order valence-electron chi connectivity index (χ4n) is 4.57. The molecule has 4 rings (SSSR count). The molecule has 11 heteroatoms. The number of allylic oxidation sites excluding steroid dienone is 2. The van der Waals surface area contributed by atoms with Gasteiger partial charge in [-0.25, -0.2) is 4.99 Å². The lowest BCUT2D eigenvalue weighted by molar-refractivity contribution is -0.153. The van der Waals surface area contributed by atoms with Gasteiger partial charge in [-0.15, -0.1) is 0 Å². The molecule has 0 unspecified atom stereocenters. The number of rotatable bonds is 13. The third-order valence-electron chi connectivity index (χ3n) is 7.52. The van der Waals surface area contributed by atoms with Gasteiger partial charge >= 0.3 is 0 Å². The van der Waals surface area contributed by atoms with Crippen LogP contribution in [0.1, 0.15) is 86.5 Å². The van der Waals surface area contributed by atoms with E-state index >= 15 is 0 Å². The lowest BCUT2D eigenvalue weighted by atomic mass is 9.77. The summed E-state index contributed by atoms with van der Waals surface area (Å²) in [4.78, 5) is 31.9. The Morgan fingerprint density at radius 1 is 1.12 bits per heavy atom. The molecule has 0 bridgehead atoms. The molecule has 1 aromatic carbocycles. The number of ether oxygens (including phenoxy) is 4. The molecular weight excluding hydrogens is 644 g/mol. The van der Waals surface area contributed by atoms with E-state index in [0.717, 1.165) is 44.7 Å². The average molecular weight is 705 g/mol. The van der Waals surface area contributed by atoms with Crippen LogP contribution >= 0.6 is 11.6 Å². The van der Waals surface area contributed by atoms with Gasteiger partial charge in [0.25, 0.3) is 0 Å². The van der Waals surface area contributed by atoms with Crippen molar-refractivity contribution in [2.45, 2.75) is 86.5 Å². The van der Waals surface area contributed by atoms with Gasteiger partial charge < -0.3 is 29.2 Å². The first-order chi connectivity index (χ1) is 23.8. The number of likely N-dealkylation sites (tertiary alicyclic amines) is 1. The fraction of sp³-hybridized carbons (Fsp3) is 0.579. The zero-order valence-corrected chi connectivity index (χ0v) is 31.9. The fourth-order valence-corrected chi connectivity index (χ4v) is 4.75. The van der Waals surface area contributed by atoms with E-state index < -0.39 is 0 Å². The van der Waals surface area contributed by atoms with Crippen LogP contribution in [0, 0.1) is 5.41 Å². The minimum atomic E-state index is 0.181. The van der Waals surface area contributed by atoms with Crippen molar-refractivity contribution in [3.05, 3.63) is 64.2 Å². The van der Waals surface area contributed by atoms with Gasteiger partial charge in [-0.3, -0.25) is 14.6 Å². The van der Waals surface area contributed by atoms with Crippen molar-refractivity contribution in [2.24, 2.45) is 15.4 Å². The molecule has 2 heterocycles. The Kier molecular flexibility index (Phi) is 26.1. The number of hydrogen-bond donors (Lipinski definition) is 1. The minimum Gasteiger partial charge on any atom is -0.497 e. The molecule has 0 atom stereocenters. The largest absolute Gasteiger partial charge is 0.497 e. The van der Waals surface area contributed by atoms with Crippen LogP contribution in [-0.4, -0.2) is 83.9 Å². The van der Waals surface area contributed by atoms with Gasteiger partial charge in [0.2, 0.25) is 12.3 Å². The molecule has 2 amide bonds. The number of aliphatic imine (C=N–C) groups is 2. The zero-order chi connectivity index (χ0) is 36.9. The number of methoxy groups -OCH3 is 1. The summed E-state index contributed by atoms with van der Waals surface area (Å²) in [5.74, 6) is 2.09. The normalized spacial score (nSPS) is 15.7. The standard InChI is InChI=1S/C28H34ClN3O5.C4H10.C2H5NO.2C2H6/c1-30-20-31-24-16-26(25(34-2)9-8-21(24)17-37-23-6-3-5-22(29)15-23)36-14-4-7-27(33)32-12-10-28(11-13-32)18-35-19-28;1-3-4-2;1-3-2-4;2*1-2/h3,5-6,8,15-16,20H,1,4,7,9-14,17-19H2,2H3;3-4H2,1-2H3;2H,1H3,(H,3,4);2*1-2H3. The smallest absolute Gasteiger partial charge is 0.222 e. The van der Waals surface area contributed by atoms with E-state index in [2.05, 4.69) is 35.9 Å². The second-order valence-corrected chi connectivity index (χ2v) is 11.3. The predicted octanol–water partition coefficient (Wildman–Crippen LogP) is 8.18. The van der Waals surface area contributed by atoms with E-state index in [4.69, 9.17) is 35.3 Å². The summed E-state index contributed by atoms with van der Waals surface area (Å²) in [5.41, 5.74) is 1.81. The van der Waals surface area contributed by atoms with E-state index in [-0.39, 0.29) is 12.5 Å². The van der Waals surface area contributed by atoms with E-state index in [1.807, 2.05) is 56.9 Å². The summed E-state index contributed by atoms with van der Waals surface area (Å²) in [6.45, 7) is 19.8. The molecule has 276 valence electrons. The molecule has 10 nitrogen and oxygen atoms in total. The quantitative estimate of drug-likeness (QED) is 0.0960. The highest BCUT2D eigenvalue weighted by Crippen LogP contribution is 2.38. The maximum Gasteiger partial charge on any atom is 0.222 e.